The number of nitrogens with zero attached hydrogens (tertiary/aromatic N) is 4. The average molecular weight is 482 g/mol. The Kier molecular flexibility index (Phi) is 6.43. The van der Waals surface area contributed by atoms with Crippen molar-refractivity contribution in [3.05, 3.63) is 71.0 Å². The lowest BCUT2D eigenvalue weighted by atomic mass is 10.1. The molecule has 0 bridgehead atoms. The number of hydrogen-bond acceptors (Lipinski definition) is 7. The van der Waals surface area contributed by atoms with E-state index in [0.717, 1.165) is 22.3 Å². The predicted octanol–water partition coefficient (Wildman–Crippen LogP) is 4.57. The molecule has 34 heavy (non-hydrogen) atoms. The van der Waals surface area contributed by atoms with Gasteiger partial charge in [-0.05, 0) is 80.8 Å². The number of furan rings is 1. The summed E-state index contributed by atoms with van der Waals surface area (Å²) in [6.45, 7) is 9.53. The van der Waals surface area contributed by atoms with E-state index in [1.807, 2.05) is 64.1 Å². The van der Waals surface area contributed by atoms with Crippen molar-refractivity contribution in [2.45, 2.75) is 52.4 Å². The van der Waals surface area contributed by atoms with Crippen LogP contribution in [0.3, 0.4) is 0 Å². The van der Waals surface area contributed by atoms with E-state index in [0.29, 0.717) is 23.0 Å². The van der Waals surface area contributed by atoms with Crippen LogP contribution >= 0.6 is 0 Å². The first-order valence-corrected chi connectivity index (χ1v) is 12.3. The number of anilines is 1. The highest BCUT2D eigenvalue weighted by Gasteiger charge is 2.32. The lowest BCUT2D eigenvalue weighted by molar-refractivity contribution is 0.306. The number of H-pyrrole nitrogens is 1. The summed E-state index contributed by atoms with van der Waals surface area (Å²) in [7, 11) is -3.93. The minimum absolute atomic E-state index is 0.0973. The Morgan fingerprint density at radius 2 is 1.74 bits per heavy atom. The van der Waals surface area contributed by atoms with E-state index in [1.54, 1.807) is 13.0 Å². The van der Waals surface area contributed by atoms with Gasteiger partial charge in [0.25, 0.3) is 10.0 Å². The minimum atomic E-state index is -3.93. The van der Waals surface area contributed by atoms with Crippen molar-refractivity contribution >= 4 is 15.7 Å². The Balaban J connectivity index is 1.66. The molecule has 0 unspecified atom stereocenters. The Labute approximate surface area is 198 Å². The molecule has 4 rings (SSSR count). The Bertz CT molecular complexity index is 1380. The molecule has 0 aliphatic heterocycles. The number of benzene rings is 2. The molecule has 2 aromatic heterocycles. The third-order valence-corrected chi connectivity index (χ3v) is 7.33. The summed E-state index contributed by atoms with van der Waals surface area (Å²) in [5.74, 6) is 1.52. The Morgan fingerprint density at radius 1 is 1.03 bits per heavy atom. The first-order valence-electron chi connectivity index (χ1n) is 10.8. The van der Waals surface area contributed by atoms with Crippen LogP contribution in [0, 0.1) is 20.8 Å². The Morgan fingerprint density at radius 3 is 2.32 bits per heavy atom. The average Bonchev–Trinajstić information content (AvgIpc) is 3.47. The van der Waals surface area contributed by atoms with Gasteiger partial charge in [-0.15, -0.1) is 10.2 Å². The van der Waals surface area contributed by atoms with Crippen LogP contribution in [-0.4, -0.2) is 35.1 Å². The molecule has 0 saturated carbocycles. The molecular formula is C24H27N5O4S. The van der Waals surface area contributed by atoms with E-state index in [-0.39, 0.29) is 17.7 Å². The van der Waals surface area contributed by atoms with Crippen LogP contribution in [0.25, 0.3) is 11.4 Å². The van der Waals surface area contributed by atoms with E-state index < -0.39 is 10.0 Å². The summed E-state index contributed by atoms with van der Waals surface area (Å²) in [6, 6.07) is 14.1. The number of sulfonamides is 1. The van der Waals surface area contributed by atoms with Gasteiger partial charge in [-0.1, -0.05) is 24.3 Å². The molecule has 10 heteroatoms. The summed E-state index contributed by atoms with van der Waals surface area (Å²) in [4.78, 5) is 0. The fourth-order valence-electron chi connectivity index (χ4n) is 3.59. The van der Waals surface area contributed by atoms with Crippen LogP contribution in [0.2, 0.25) is 0 Å². The van der Waals surface area contributed by atoms with Crippen molar-refractivity contribution in [2.24, 2.45) is 0 Å². The van der Waals surface area contributed by atoms with Gasteiger partial charge in [-0.25, -0.2) is 0 Å². The third-order valence-electron chi connectivity index (χ3n) is 5.46. The summed E-state index contributed by atoms with van der Waals surface area (Å²) in [5.41, 5.74) is 4.17. The molecule has 0 fully saturated rings. The van der Waals surface area contributed by atoms with E-state index in [4.69, 9.17) is 9.15 Å². The Hall–Kier alpha value is -3.66. The topological polar surface area (TPSA) is 114 Å². The largest absolute Gasteiger partial charge is 0.487 e. The molecule has 0 amide bonds. The van der Waals surface area contributed by atoms with Crippen molar-refractivity contribution in [2.75, 3.05) is 4.31 Å². The molecule has 178 valence electrons. The zero-order valence-electron chi connectivity index (χ0n) is 19.7. The summed E-state index contributed by atoms with van der Waals surface area (Å²) >= 11 is 0. The smallest absolute Gasteiger partial charge is 0.298 e. The normalized spacial score (nSPS) is 11.7. The number of tetrazole rings is 1. The molecule has 9 nitrogen and oxygen atoms in total. The molecule has 0 spiro atoms. The van der Waals surface area contributed by atoms with E-state index in [9.17, 15) is 8.42 Å². The van der Waals surface area contributed by atoms with Crippen LogP contribution in [0.5, 0.6) is 5.75 Å². The van der Waals surface area contributed by atoms with E-state index in [2.05, 4.69) is 20.6 Å². The molecule has 2 aromatic carbocycles. The molecule has 0 radical (unpaired) electrons. The number of rotatable bonds is 8. The molecule has 2 heterocycles. The highest BCUT2D eigenvalue weighted by Crippen LogP contribution is 2.37. The molecule has 1 N–H and O–H groups in total. The van der Waals surface area contributed by atoms with Crippen LogP contribution in [0.4, 0.5) is 5.69 Å². The molecular weight excluding hydrogens is 454 g/mol. The van der Waals surface area contributed by atoms with Gasteiger partial charge in [0.05, 0.1) is 5.69 Å². The second-order valence-corrected chi connectivity index (χ2v) is 10.1. The van der Waals surface area contributed by atoms with Crippen LogP contribution < -0.4 is 9.04 Å². The van der Waals surface area contributed by atoms with Gasteiger partial charge in [0.2, 0.25) is 10.9 Å². The van der Waals surface area contributed by atoms with E-state index in [1.165, 1.54) is 10.4 Å². The summed E-state index contributed by atoms with van der Waals surface area (Å²) < 4.78 is 40.0. The fraction of sp³-hybridized carbons (Fsp3) is 0.292. The van der Waals surface area contributed by atoms with Gasteiger partial charge < -0.3 is 9.15 Å². The minimum Gasteiger partial charge on any atom is -0.487 e. The van der Waals surface area contributed by atoms with Crippen molar-refractivity contribution in [1.82, 2.24) is 20.6 Å². The first-order chi connectivity index (χ1) is 16.2. The van der Waals surface area contributed by atoms with Crippen LogP contribution in [0.1, 0.15) is 36.3 Å². The summed E-state index contributed by atoms with van der Waals surface area (Å²) in [5, 5.41) is 13.9. The summed E-state index contributed by atoms with van der Waals surface area (Å²) in [6.07, 6.45) is 0. The first kappa shape index (κ1) is 23.5. The highest BCUT2D eigenvalue weighted by atomic mass is 32.2. The molecule has 4 aromatic rings. The molecule has 0 saturated heterocycles. The number of hydrogen-bond donors (Lipinski definition) is 1. The van der Waals surface area contributed by atoms with Crippen molar-refractivity contribution in [3.8, 4) is 17.1 Å². The maximum atomic E-state index is 13.5. The fourth-order valence-corrected chi connectivity index (χ4v) is 5.22. The number of ether oxygens (including phenoxy) is 1. The van der Waals surface area contributed by atoms with Crippen LogP contribution in [-0.2, 0) is 16.6 Å². The van der Waals surface area contributed by atoms with Gasteiger partial charge in [-0.2, -0.15) is 13.6 Å². The van der Waals surface area contributed by atoms with Crippen molar-refractivity contribution < 1.29 is 17.6 Å². The van der Waals surface area contributed by atoms with Gasteiger partial charge in [0.1, 0.15) is 18.1 Å². The standard InChI is InChI=1S/C24H27N5O4S/c1-15(2)29(34(30,31)23-11-6-18(5)33-23)21-12-16(3)17(4)13-22(21)32-14-19-7-9-20(10-8-19)24-25-27-28-26-24/h6-13,15H,14H2,1-5H3,(H,25,26,27,28). The third kappa shape index (κ3) is 4.67. The van der Waals surface area contributed by atoms with Crippen molar-refractivity contribution in [1.29, 1.82) is 0 Å². The van der Waals surface area contributed by atoms with E-state index >= 15 is 0 Å². The van der Waals surface area contributed by atoms with Gasteiger partial charge >= 0.3 is 0 Å². The monoisotopic (exact) mass is 481 g/mol. The number of aromatic amines is 1. The maximum absolute atomic E-state index is 13.5. The zero-order valence-corrected chi connectivity index (χ0v) is 20.5. The lowest BCUT2D eigenvalue weighted by Crippen LogP contribution is -2.37. The van der Waals surface area contributed by atoms with Crippen molar-refractivity contribution in [3.63, 3.8) is 0 Å². The van der Waals surface area contributed by atoms with Gasteiger partial charge in [0, 0.05) is 11.6 Å². The van der Waals surface area contributed by atoms with Crippen LogP contribution in [0.15, 0.2) is 58.0 Å². The quantitative estimate of drug-likeness (QED) is 0.392. The van der Waals surface area contributed by atoms with Gasteiger partial charge in [-0.3, -0.25) is 4.31 Å². The highest BCUT2D eigenvalue weighted by molar-refractivity contribution is 7.92. The SMILES string of the molecule is Cc1ccc(S(=O)(=O)N(c2cc(C)c(C)cc2OCc2ccc(-c3nn[nH]n3)cc2)C(C)C)o1. The molecule has 0 aliphatic rings. The number of aromatic nitrogens is 4. The number of nitrogens with one attached hydrogen (secondary N) is 1. The molecule has 0 aliphatic carbocycles. The lowest BCUT2D eigenvalue weighted by Gasteiger charge is -2.29. The second kappa shape index (κ2) is 9.30. The predicted molar refractivity (Wildman–Crippen MR) is 128 cm³/mol. The zero-order chi connectivity index (χ0) is 24.5. The molecule has 0 atom stereocenters. The van der Waals surface area contributed by atoms with Gasteiger partial charge in [0.15, 0.2) is 0 Å². The number of aryl methyl sites for hydroxylation is 3. The second-order valence-electron chi connectivity index (χ2n) is 8.38. The maximum Gasteiger partial charge on any atom is 0.298 e.